The van der Waals surface area contributed by atoms with Gasteiger partial charge in [-0.05, 0) is 21.1 Å². The molecule has 0 unspecified atom stereocenters. The van der Waals surface area contributed by atoms with E-state index in [1.54, 1.807) is 0 Å². The summed E-state index contributed by atoms with van der Waals surface area (Å²) in [5.41, 5.74) is 0. The molecule has 0 amide bonds. The summed E-state index contributed by atoms with van der Waals surface area (Å²) in [5.74, 6) is 0. The number of rotatable bonds is 3. The predicted molar refractivity (Wildman–Crippen MR) is 32.5 cm³/mol. The molecule has 0 aromatic rings. The molecule has 78 valence electrons. The fourth-order valence-corrected chi connectivity index (χ4v) is 0.335. The Hall–Kier alpha value is 1.48. The number of hydrogen-bond donors (Lipinski definition) is 1. The third-order valence-corrected chi connectivity index (χ3v) is 0.809. The van der Waals surface area contributed by atoms with Gasteiger partial charge in [0.25, 0.3) is 0 Å². The Labute approximate surface area is 102 Å². The molecule has 0 fully saturated rings. The molecule has 0 rings (SSSR count). The minimum absolute atomic E-state index is 0. The van der Waals surface area contributed by atoms with Gasteiger partial charge >= 0.3 is 0 Å². The topological polar surface area (TPSA) is 15.3 Å². The summed E-state index contributed by atoms with van der Waals surface area (Å²) < 4.78 is 0. The first-order valence-electron chi connectivity index (χ1n) is 2.56. The number of hydrogen-bond acceptors (Lipinski definition) is 2. The van der Waals surface area contributed by atoms with Gasteiger partial charge in [0.05, 0.1) is 0 Å². The summed E-state index contributed by atoms with van der Waals surface area (Å²) in [6.07, 6.45) is 0. The zero-order valence-corrected chi connectivity index (χ0v) is 11.4. The zero-order valence-electron chi connectivity index (χ0n) is 6.81. The minimum atomic E-state index is 0. The van der Waals surface area contributed by atoms with E-state index in [-0.39, 0.29) is 58.3 Å². The maximum atomic E-state index is 3.06. The molecule has 0 aliphatic carbocycles. The van der Waals surface area contributed by atoms with Crippen LogP contribution in [-0.4, -0.2) is 39.1 Å². The van der Waals surface area contributed by atoms with Crippen LogP contribution in [0.2, 0.25) is 0 Å². The smallest absolute Gasteiger partial charge is 0.0101 e. The van der Waals surface area contributed by atoms with E-state index in [4.69, 9.17) is 0 Å². The molecule has 0 saturated heterocycles. The van der Waals surface area contributed by atoms with Crippen molar-refractivity contribution in [2.75, 3.05) is 34.2 Å². The van der Waals surface area contributed by atoms with E-state index in [0.29, 0.717) is 0 Å². The minimum Gasteiger partial charge on any atom is -1.00 e. The second-order valence-electron chi connectivity index (χ2n) is 1.91. The van der Waals surface area contributed by atoms with Gasteiger partial charge in [-0.1, -0.05) is 0 Å². The Morgan fingerprint density at radius 2 is 1.45 bits per heavy atom. The quantitative estimate of drug-likeness (QED) is 0.504. The van der Waals surface area contributed by atoms with E-state index in [2.05, 4.69) is 24.3 Å². The Morgan fingerprint density at radius 3 is 1.55 bits per heavy atom. The summed E-state index contributed by atoms with van der Waals surface area (Å²) >= 11 is 0. The molecule has 6 heteroatoms. The van der Waals surface area contributed by atoms with Gasteiger partial charge in [-0.25, -0.2) is 0 Å². The molecule has 0 saturated carbocycles. The van der Waals surface area contributed by atoms with Gasteiger partial charge in [0.15, 0.2) is 0 Å². The van der Waals surface area contributed by atoms with Gasteiger partial charge in [-0.3, -0.25) is 0 Å². The van der Waals surface area contributed by atoms with Gasteiger partial charge in [0, 0.05) is 34.2 Å². The average molecular weight is 404 g/mol. The SMILES string of the molecule is CNCCN(C)C.[Cl-].[Cl-].[Cl-].[Pt]. The van der Waals surface area contributed by atoms with Crippen molar-refractivity contribution < 1.29 is 58.3 Å². The molecule has 0 spiro atoms. The summed E-state index contributed by atoms with van der Waals surface area (Å²) in [4.78, 5) is 2.15. The van der Waals surface area contributed by atoms with Crippen LogP contribution >= 0.6 is 0 Å². The summed E-state index contributed by atoms with van der Waals surface area (Å²) in [6, 6.07) is 0. The van der Waals surface area contributed by atoms with Crippen molar-refractivity contribution in [3.8, 4) is 0 Å². The van der Waals surface area contributed by atoms with Gasteiger partial charge < -0.3 is 47.4 Å². The summed E-state index contributed by atoms with van der Waals surface area (Å²) in [5, 5.41) is 3.06. The third kappa shape index (κ3) is 34.4. The fraction of sp³-hybridized carbons (Fsp3) is 1.00. The van der Waals surface area contributed by atoms with Crippen molar-refractivity contribution in [3.63, 3.8) is 0 Å². The number of nitrogens with one attached hydrogen (secondary N) is 1. The largest absolute Gasteiger partial charge is 1.00 e. The molecule has 0 radical (unpaired) electrons. The van der Waals surface area contributed by atoms with Crippen LogP contribution in [0.15, 0.2) is 0 Å². The molecule has 0 atom stereocenters. The summed E-state index contributed by atoms with van der Waals surface area (Å²) in [6.45, 7) is 2.20. The Balaban J connectivity index is -0.0000000300. The predicted octanol–water partition coefficient (Wildman–Crippen LogP) is -9.22. The molecule has 0 bridgehead atoms. The average Bonchev–Trinajstić information content (AvgIpc) is 1.61. The second-order valence-corrected chi connectivity index (χ2v) is 1.91. The first-order valence-corrected chi connectivity index (χ1v) is 2.56. The first kappa shape index (κ1) is 29.4. The van der Waals surface area contributed by atoms with Crippen LogP contribution in [0.4, 0.5) is 0 Å². The van der Waals surface area contributed by atoms with E-state index in [0.717, 1.165) is 13.1 Å². The molecule has 2 nitrogen and oxygen atoms in total. The normalized spacial score (nSPS) is 6.55. The van der Waals surface area contributed by atoms with E-state index >= 15 is 0 Å². The standard InChI is InChI=1S/C5H14N2.3ClH.Pt/c1-6-4-5-7(2)3;;;;/h6H,4-5H2,1-3H3;3*1H;/p-3. The van der Waals surface area contributed by atoms with Crippen molar-refractivity contribution in [3.05, 3.63) is 0 Å². The van der Waals surface area contributed by atoms with Gasteiger partial charge in [-0.2, -0.15) is 0 Å². The molecular formula is C5H14Cl3N2Pt-3. The van der Waals surface area contributed by atoms with Gasteiger partial charge in [0.2, 0.25) is 0 Å². The molecule has 0 aliphatic heterocycles. The van der Waals surface area contributed by atoms with Crippen LogP contribution in [0, 0.1) is 0 Å². The second kappa shape index (κ2) is 22.5. The fourth-order valence-electron chi connectivity index (χ4n) is 0.335. The maximum Gasteiger partial charge on any atom is 0.0101 e. The molecular weight excluding hydrogens is 390 g/mol. The number of likely N-dealkylation sites (N-methyl/N-ethyl adjacent to an activating group) is 2. The van der Waals surface area contributed by atoms with E-state index in [9.17, 15) is 0 Å². The number of halogens is 3. The van der Waals surface area contributed by atoms with Crippen molar-refractivity contribution in [1.82, 2.24) is 10.2 Å². The molecule has 0 aromatic carbocycles. The van der Waals surface area contributed by atoms with Crippen LogP contribution in [0.25, 0.3) is 0 Å². The Kier molecular flexibility index (Phi) is 60.2. The molecule has 0 aliphatic rings. The molecule has 1 N–H and O–H groups in total. The van der Waals surface area contributed by atoms with Gasteiger partial charge in [-0.15, -0.1) is 0 Å². The first-order chi connectivity index (χ1) is 3.27. The Bertz CT molecular complexity index is 48.7. The maximum absolute atomic E-state index is 3.06. The third-order valence-electron chi connectivity index (χ3n) is 0.809. The van der Waals surface area contributed by atoms with Gasteiger partial charge in [0.1, 0.15) is 0 Å². The summed E-state index contributed by atoms with van der Waals surface area (Å²) in [7, 11) is 6.10. The van der Waals surface area contributed by atoms with Crippen LogP contribution in [0.5, 0.6) is 0 Å². The monoisotopic (exact) mass is 402 g/mol. The van der Waals surface area contributed by atoms with Crippen molar-refractivity contribution >= 4 is 0 Å². The molecule has 11 heavy (non-hydrogen) atoms. The van der Waals surface area contributed by atoms with Crippen LogP contribution in [0.1, 0.15) is 0 Å². The van der Waals surface area contributed by atoms with E-state index < -0.39 is 0 Å². The Morgan fingerprint density at radius 1 is 1.09 bits per heavy atom. The van der Waals surface area contributed by atoms with Crippen LogP contribution < -0.4 is 42.5 Å². The van der Waals surface area contributed by atoms with Crippen molar-refractivity contribution in [2.45, 2.75) is 0 Å². The van der Waals surface area contributed by atoms with Crippen molar-refractivity contribution in [2.24, 2.45) is 0 Å². The van der Waals surface area contributed by atoms with Crippen LogP contribution in [-0.2, 0) is 21.1 Å². The molecule has 0 aromatic heterocycles. The van der Waals surface area contributed by atoms with E-state index in [1.807, 2.05) is 7.05 Å². The molecule has 0 heterocycles. The van der Waals surface area contributed by atoms with Crippen molar-refractivity contribution in [1.29, 1.82) is 0 Å². The van der Waals surface area contributed by atoms with Crippen LogP contribution in [0.3, 0.4) is 0 Å². The van der Waals surface area contributed by atoms with E-state index in [1.165, 1.54) is 0 Å². The zero-order chi connectivity index (χ0) is 5.70. The number of nitrogens with zero attached hydrogens (tertiary/aromatic N) is 1.